The Morgan fingerprint density at radius 3 is 1.41 bits per heavy atom. The van der Waals surface area contributed by atoms with Gasteiger partial charge in [0.25, 0.3) is 0 Å². The van der Waals surface area contributed by atoms with Gasteiger partial charge in [0.1, 0.15) is 5.60 Å². The van der Waals surface area contributed by atoms with Crippen LogP contribution >= 0.6 is 0 Å². The highest BCUT2D eigenvalue weighted by Crippen LogP contribution is 2.07. The summed E-state index contributed by atoms with van der Waals surface area (Å²) in [7, 11) is 0. The van der Waals surface area contributed by atoms with Crippen molar-refractivity contribution < 1.29 is 4.74 Å². The van der Waals surface area contributed by atoms with Crippen LogP contribution < -0.4 is 0 Å². The second kappa shape index (κ2) is 11.9. The lowest BCUT2D eigenvalue weighted by Crippen LogP contribution is -2.22. The van der Waals surface area contributed by atoms with E-state index in [9.17, 15) is 0 Å². The lowest BCUT2D eigenvalue weighted by atomic mass is 10.2. The standard InChI is InChI=1S/C9H19NO.C4H10.C2H6/c1-7(2)10-8(3)11-9(4,5)6;1-4(2)3;1-2/h7H,1-6H3;4H,1-3H3;1-2H3. The number of rotatable bonds is 1. The van der Waals surface area contributed by atoms with Crippen molar-refractivity contribution in [1.29, 1.82) is 0 Å². The molecule has 0 fully saturated rings. The van der Waals surface area contributed by atoms with E-state index in [-0.39, 0.29) is 5.60 Å². The molecule has 0 unspecified atom stereocenters. The average molecular weight is 245 g/mol. The van der Waals surface area contributed by atoms with Gasteiger partial charge in [-0.1, -0.05) is 34.6 Å². The third kappa shape index (κ3) is 39.1. The van der Waals surface area contributed by atoms with Crippen molar-refractivity contribution in [2.75, 3.05) is 0 Å². The Morgan fingerprint density at radius 1 is 0.941 bits per heavy atom. The van der Waals surface area contributed by atoms with Crippen molar-refractivity contribution in [2.24, 2.45) is 10.9 Å². The molecule has 0 aliphatic rings. The van der Waals surface area contributed by atoms with Gasteiger partial charge in [0, 0.05) is 13.0 Å². The first kappa shape index (κ1) is 21.7. The summed E-state index contributed by atoms with van der Waals surface area (Å²) >= 11 is 0. The largest absolute Gasteiger partial charge is 0.476 e. The first-order chi connectivity index (χ1) is 7.54. The van der Waals surface area contributed by atoms with Gasteiger partial charge in [-0.05, 0) is 40.5 Å². The molecule has 0 aromatic heterocycles. The molecule has 0 aliphatic heterocycles. The molecule has 0 saturated heterocycles. The molecule has 0 aromatic rings. The van der Waals surface area contributed by atoms with Gasteiger partial charge >= 0.3 is 0 Å². The lowest BCUT2D eigenvalue weighted by molar-refractivity contribution is 0.114. The minimum Gasteiger partial charge on any atom is -0.476 e. The van der Waals surface area contributed by atoms with E-state index in [1.165, 1.54) is 0 Å². The molecule has 0 bridgehead atoms. The van der Waals surface area contributed by atoms with Crippen LogP contribution in [-0.2, 0) is 4.74 Å². The minimum absolute atomic E-state index is 0.123. The Labute approximate surface area is 110 Å². The van der Waals surface area contributed by atoms with E-state index in [4.69, 9.17) is 4.74 Å². The molecular weight excluding hydrogens is 210 g/mol. The second-order valence-electron chi connectivity index (χ2n) is 5.69. The molecule has 0 saturated carbocycles. The molecule has 2 nitrogen and oxygen atoms in total. The topological polar surface area (TPSA) is 21.6 Å². The summed E-state index contributed by atoms with van der Waals surface area (Å²) in [6.07, 6.45) is 0. The van der Waals surface area contributed by atoms with Crippen LogP contribution in [0.5, 0.6) is 0 Å². The van der Waals surface area contributed by atoms with Crippen molar-refractivity contribution in [1.82, 2.24) is 0 Å². The summed E-state index contributed by atoms with van der Waals surface area (Å²) in [4.78, 5) is 4.26. The molecule has 0 radical (unpaired) electrons. The summed E-state index contributed by atoms with van der Waals surface area (Å²) in [5, 5.41) is 0. The maximum atomic E-state index is 5.50. The van der Waals surface area contributed by atoms with Gasteiger partial charge in [-0.3, -0.25) is 4.99 Å². The molecule has 0 N–H and O–H groups in total. The summed E-state index contributed by atoms with van der Waals surface area (Å²) in [6.45, 7) is 22.5. The highest BCUT2D eigenvalue weighted by atomic mass is 16.5. The summed E-state index contributed by atoms with van der Waals surface area (Å²) in [5.74, 6) is 1.60. The van der Waals surface area contributed by atoms with E-state index in [0.717, 1.165) is 11.8 Å². The Kier molecular flexibility index (Phi) is 15.3. The normalized spacial score (nSPS) is 11.5. The van der Waals surface area contributed by atoms with Crippen LogP contribution in [0.25, 0.3) is 0 Å². The third-order valence-electron chi connectivity index (χ3n) is 0.894. The van der Waals surface area contributed by atoms with E-state index in [2.05, 4.69) is 25.8 Å². The van der Waals surface area contributed by atoms with Crippen molar-refractivity contribution in [3.8, 4) is 0 Å². The van der Waals surface area contributed by atoms with E-state index in [0.29, 0.717) is 6.04 Å². The first-order valence-corrected chi connectivity index (χ1v) is 6.78. The van der Waals surface area contributed by atoms with E-state index in [1.54, 1.807) is 0 Å². The van der Waals surface area contributed by atoms with Gasteiger partial charge < -0.3 is 4.74 Å². The van der Waals surface area contributed by atoms with E-state index >= 15 is 0 Å². The van der Waals surface area contributed by atoms with Crippen LogP contribution in [0.4, 0.5) is 0 Å². The number of aliphatic imine (C=N–C) groups is 1. The zero-order valence-electron chi connectivity index (χ0n) is 14.0. The number of hydrogen-bond donors (Lipinski definition) is 0. The Balaban J connectivity index is -0.000000275. The first-order valence-electron chi connectivity index (χ1n) is 6.78. The minimum atomic E-state index is -0.123. The molecule has 0 rings (SSSR count). The zero-order chi connectivity index (χ0) is 14.6. The fourth-order valence-electron chi connectivity index (χ4n) is 0.833. The number of nitrogens with zero attached hydrogens (tertiary/aromatic N) is 1. The third-order valence-corrected chi connectivity index (χ3v) is 0.894. The summed E-state index contributed by atoms with van der Waals surface area (Å²) in [6, 6.07) is 0.317. The van der Waals surface area contributed by atoms with Crippen LogP contribution in [0.1, 0.15) is 76.2 Å². The molecule has 2 heteroatoms. The Hall–Kier alpha value is -0.530. The zero-order valence-corrected chi connectivity index (χ0v) is 14.0. The maximum Gasteiger partial charge on any atom is 0.180 e. The van der Waals surface area contributed by atoms with Gasteiger partial charge in [0.05, 0.1) is 0 Å². The number of hydrogen-bond acceptors (Lipinski definition) is 2. The van der Waals surface area contributed by atoms with E-state index in [1.807, 2.05) is 55.4 Å². The van der Waals surface area contributed by atoms with Crippen LogP contribution in [-0.4, -0.2) is 17.5 Å². The van der Waals surface area contributed by atoms with Crippen molar-refractivity contribution in [3.63, 3.8) is 0 Å². The fourth-order valence-corrected chi connectivity index (χ4v) is 0.833. The average Bonchev–Trinajstić information content (AvgIpc) is 2.00. The molecule has 0 aliphatic carbocycles. The molecule has 0 heterocycles. The van der Waals surface area contributed by atoms with E-state index < -0.39 is 0 Å². The van der Waals surface area contributed by atoms with Gasteiger partial charge in [-0.2, -0.15) is 0 Å². The van der Waals surface area contributed by atoms with Crippen molar-refractivity contribution in [3.05, 3.63) is 0 Å². The fraction of sp³-hybridized carbons (Fsp3) is 0.933. The quantitative estimate of drug-likeness (QED) is 0.453. The molecule has 106 valence electrons. The van der Waals surface area contributed by atoms with Gasteiger partial charge in [-0.15, -0.1) is 0 Å². The smallest absolute Gasteiger partial charge is 0.180 e. The second-order valence-corrected chi connectivity index (χ2v) is 5.69. The Morgan fingerprint density at radius 2 is 1.24 bits per heavy atom. The predicted octanol–water partition coefficient (Wildman–Crippen LogP) is 5.32. The molecule has 0 aromatic carbocycles. The van der Waals surface area contributed by atoms with Crippen LogP contribution in [0, 0.1) is 5.92 Å². The SMILES string of the molecule is CC.CC(=NC(C)C)OC(C)(C)C.CC(C)C. The highest BCUT2D eigenvalue weighted by Gasteiger charge is 2.11. The molecular formula is C15H35NO. The van der Waals surface area contributed by atoms with Crippen molar-refractivity contribution in [2.45, 2.75) is 87.8 Å². The molecule has 17 heavy (non-hydrogen) atoms. The van der Waals surface area contributed by atoms with Crippen LogP contribution in [0.15, 0.2) is 4.99 Å². The monoisotopic (exact) mass is 245 g/mol. The highest BCUT2D eigenvalue weighted by molar-refractivity contribution is 5.73. The van der Waals surface area contributed by atoms with Crippen LogP contribution in [0.3, 0.4) is 0 Å². The predicted molar refractivity (Wildman–Crippen MR) is 80.9 cm³/mol. The van der Waals surface area contributed by atoms with Crippen LogP contribution in [0.2, 0.25) is 0 Å². The van der Waals surface area contributed by atoms with Gasteiger partial charge in [-0.25, -0.2) is 0 Å². The number of ether oxygens (including phenoxy) is 1. The van der Waals surface area contributed by atoms with Gasteiger partial charge in [0.15, 0.2) is 5.90 Å². The summed E-state index contributed by atoms with van der Waals surface area (Å²) < 4.78 is 5.50. The van der Waals surface area contributed by atoms with Crippen molar-refractivity contribution >= 4 is 5.90 Å². The lowest BCUT2D eigenvalue weighted by Gasteiger charge is -2.20. The Bertz CT molecular complexity index is 173. The summed E-state index contributed by atoms with van der Waals surface area (Å²) in [5.41, 5.74) is -0.123. The molecule has 0 amide bonds. The molecule has 0 atom stereocenters. The van der Waals surface area contributed by atoms with Gasteiger partial charge in [0.2, 0.25) is 0 Å². The molecule has 0 spiro atoms. The maximum absolute atomic E-state index is 5.50.